The van der Waals surface area contributed by atoms with Crippen LogP contribution in [0.1, 0.15) is 36.5 Å². The minimum atomic E-state index is -0.310. The van der Waals surface area contributed by atoms with Crippen molar-refractivity contribution in [2.24, 2.45) is 0 Å². The highest BCUT2D eigenvalue weighted by Crippen LogP contribution is 2.33. The summed E-state index contributed by atoms with van der Waals surface area (Å²) in [4.78, 5) is 0. The molecular weight excluding hydrogens is 200 g/mol. The molecule has 88 valence electrons. The fourth-order valence-electron chi connectivity index (χ4n) is 2.58. The van der Waals surface area contributed by atoms with Gasteiger partial charge in [0.15, 0.2) is 0 Å². The van der Waals surface area contributed by atoms with E-state index in [1.54, 1.807) is 7.11 Å². The lowest BCUT2D eigenvalue weighted by molar-refractivity contribution is 0.194. The monoisotopic (exact) mass is 220 g/mol. The summed E-state index contributed by atoms with van der Waals surface area (Å²) in [6.07, 6.45) is 5.19. The maximum absolute atomic E-state index is 9.47. The van der Waals surface area contributed by atoms with E-state index in [1.165, 1.54) is 30.4 Å². The smallest absolute Gasteiger partial charge is 0.125 e. The summed E-state index contributed by atoms with van der Waals surface area (Å²) in [5, 5.41) is 9.47. The summed E-state index contributed by atoms with van der Waals surface area (Å²) in [6.45, 7) is 1.82. The fourth-order valence-corrected chi connectivity index (χ4v) is 2.58. The second kappa shape index (κ2) is 4.88. The van der Waals surface area contributed by atoms with Gasteiger partial charge < -0.3 is 9.84 Å². The first kappa shape index (κ1) is 11.5. The van der Waals surface area contributed by atoms with Crippen molar-refractivity contribution in [2.75, 3.05) is 7.11 Å². The lowest BCUT2D eigenvalue weighted by Gasteiger charge is -2.21. The molecule has 1 unspecified atom stereocenters. The number of rotatable bonds is 3. The largest absolute Gasteiger partial charge is 0.496 e. The standard InChI is InChI=1S/C14H20O2/c1-10(15)9-12-8-7-11-5-3-4-6-13(11)14(12)16-2/h7-8,10,15H,3-6,9H2,1-2H3. The zero-order chi connectivity index (χ0) is 11.5. The second-order valence-electron chi connectivity index (χ2n) is 4.66. The van der Waals surface area contributed by atoms with Crippen molar-refractivity contribution in [3.63, 3.8) is 0 Å². The Hall–Kier alpha value is -1.02. The fraction of sp³-hybridized carbons (Fsp3) is 0.571. The lowest BCUT2D eigenvalue weighted by Crippen LogP contribution is -2.10. The molecule has 1 N–H and O–H groups in total. The lowest BCUT2D eigenvalue weighted by atomic mass is 9.88. The zero-order valence-electron chi connectivity index (χ0n) is 10.1. The number of aliphatic hydroxyl groups excluding tert-OH is 1. The van der Waals surface area contributed by atoms with Crippen LogP contribution in [0.5, 0.6) is 5.75 Å². The van der Waals surface area contributed by atoms with Gasteiger partial charge in [-0.25, -0.2) is 0 Å². The highest BCUT2D eigenvalue weighted by atomic mass is 16.5. The molecule has 2 nitrogen and oxygen atoms in total. The number of benzene rings is 1. The summed E-state index contributed by atoms with van der Waals surface area (Å²) in [7, 11) is 1.73. The average molecular weight is 220 g/mol. The molecule has 0 saturated heterocycles. The Labute approximate surface area is 97.3 Å². The summed E-state index contributed by atoms with van der Waals surface area (Å²) in [5.74, 6) is 1.01. The van der Waals surface area contributed by atoms with Crippen LogP contribution in [-0.4, -0.2) is 18.3 Å². The minimum Gasteiger partial charge on any atom is -0.496 e. The predicted molar refractivity (Wildman–Crippen MR) is 65.0 cm³/mol. The van der Waals surface area contributed by atoms with Crippen LogP contribution in [0.4, 0.5) is 0 Å². The molecule has 2 rings (SSSR count). The maximum Gasteiger partial charge on any atom is 0.125 e. The van der Waals surface area contributed by atoms with Crippen LogP contribution >= 0.6 is 0 Å². The van der Waals surface area contributed by atoms with Crippen LogP contribution in [0.15, 0.2) is 12.1 Å². The molecule has 1 aromatic carbocycles. The second-order valence-corrected chi connectivity index (χ2v) is 4.66. The Morgan fingerprint density at radius 3 is 2.75 bits per heavy atom. The van der Waals surface area contributed by atoms with Gasteiger partial charge in [0.25, 0.3) is 0 Å². The molecular formula is C14H20O2. The molecule has 0 aromatic heterocycles. The predicted octanol–water partition coefficient (Wildman–Crippen LogP) is 2.50. The Kier molecular flexibility index (Phi) is 3.49. The molecule has 1 atom stereocenters. The van der Waals surface area contributed by atoms with Gasteiger partial charge in [-0.2, -0.15) is 0 Å². The van der Waals surface area contributed by atoms with Crippen LogP contribution in [0, 0.1) is 0 Å². The van der Waals surface area contributed by atoms with Gasteiger partial charge in [-0.05, 0) is 49.3 Å². The Morgan fingerprint density at radius 1 is 1.31 bits per heavy atom. The molecule has 0 radical (unpaired) electrons. The van der Waals surface area contributed by atoms with E-state index in [-0.39, 0.29) is 6.10 Å². The minimum absolute atomic E-state index is 0.310. The molecule has 0 saturated carbocycles. The molecule has 1 aromatic rings. The molecule has 0 aliphatic heterocycles. The zero-order valence-corrected chi connectivity index (χ0v) is 10.1. The molecule has 2 heteroatoms. The molecule has 0 spiro atoms. The third kappa shape index (κ3) is 2.22. The van der Waals surface area contributed by atoms with Gasteiger partial charge in [-0.1, -0.05) is 12.1 Å². The first-order valence-electron chi connectivity index (χ1n) is 6.08. The van der Waals surface area contributed by atoms with E-state index in [2.05, 4.69) is 12.1 Å². The van der Waals surface area contributed by atoms with Crippen molar-refractivity contribution in [2.45, 2.75) is 45.1 Å². The molecule has 0 fully saturated rings. The number of ether oxygens (including phenoxy) is 1. The highest BCUT2D eigenvalue weighted by Gasteiger charge is 2.17. The Balaban J connectivity index is 2.39. The summed E-state index contributed by atoms with van der Waals surface area (Å²) in [6, 6.07) is 4.31. The van der Waals surface area contributed by atoms with Gasteiger partial charge in [-0.3, -0.25) is 0 Å². The molecule has 0 amide bonds. The first-order valence-corrected chi connectivity index (χ1v) is 6.08. The van der Waals surface area contributed by atoms with E-state index in [9.17, 15) is 5.11 Å². The number of methoxy groups -OCH3 is 1. The van der Waals surface area contributed by atoms with Crippen LogP contribution in [-0.2, 0) is 19.3 Å². The van der Waals surface area contributed by atoms with Crippen molar-refractivity contribution in [3.8, 4) is 5.75 Å². The van der Waals surface area contributed by atoms with E-state index in [0.717, 1.165) is 17.7 Å². The quantitative estimate of drug-likeness (QED) is 0.848. The van der Waals surface area contributed by atoms with Crippen LogP contribution in [0.3, 0.4) is 0 Å². The molecule has 0 bridgehead atoms. The number of hydrogen-bond donors (Lipinski definition) is 1. The van der Waals surface area contributed by atoms with Gasteiger partial charge >= 0.3 is 0 Å². The van der Waals surface area contributed by atoms with Gasteiger partial charge in [-0.15, -0.1) is 0 Å². The average Bonchev–Trinajstić information content (AvgIpc) is 2.28. The molecule has 1 aliphatic rings. The third-order valence-corrected chi connectivity index (χ3v) is 3.28. The SMILES string of the molecule is COc1c(CC(C)O)ccc2c1CCCC2. The summed E-state index contributed by atoms with van der Waals surface area (Å²) >= 11 is 0. The molecule has 1 aliphatic carbocycles. The van der Waals surface area contributed by atoms with Gasteiger partial charge in [0.2, 0.25) is 0 Å². The third-order valence-electron chi connectivity index (χ3n) is 3.28. The topological polar surface area (TPSA) is 29.5 Å². The van der Waals surface area contributed by atoms with Crippen LogP contribution in [0.25, 0.3) is 0 Å². The number of hydrogen-bond acceptors (Lipinski definition) is 2. The Bertz CT molecular complexity index is 369. The van der Waals surface area contributed by atoms with Crippen LogP contribution < -0.4 is 4.74 Å². The van der Waals surface area contributed by atoms with Gasteiger partial charge in [0.1, 0.15) is 5.75 Å². The van der Waals surface area contributed by atoms with Crippen molar-refractivity contribution in [1.82, 2.24) is 0 Å². The van der Waals surface area contributed by atoms with E-state index in [4.69, 9.17) is 4.74 Å². The Morgan fingerprint density at radius 2 is 2.06 bits per heavy atom. The number of aryl methyl sites for hydroxylation is 1. The molecule has 0 heterocycles. The van der Waals surface area contributed by atoms with Crippen molar-refractivity contribution in [1.29, 1.82) is 0 Å². The van der Waals surface area contributed by atoms with Crippen molar-refractivity contribution >= 4 is 0 Å². The normalized spacial score (nSPS) is 16.7. The van der Waals surface area contributed by atoms with Gasteiger partial charge in [0.05, 0.1) is 13.2 Å². The number of fused-ring (bicyclic) bond motifs is 1. The van der Waals surface area contributed by atoms with E-state index < -0.39 is 0 Å². The van der Waals surface area contributed by atoms with E-state index in [0.29, 0.717) is 6.42 Å². The van der Waals surface area contributed by atoms with E-state index >= 15 is 0 Å². The van der Waals surface area contributed by atoms with E-state index in [1.807, 2.05) is 6.92 Å². The molecule has 16 heavy (non-hydrogen) atoms. The summed E-state index contributed by atoms with van der Waals surface area (Å²) in [5.41, 5.74) is 3.93. The van der Waals surface area contributed by atoms with Crippen molar-refractivity contribution < 1.29 is 9.84 Å². The highest BCUT2D eigenvalue weighted by molar-refractivity contribution is 5.48. The maximum atomic E-state index is 9.47. The van der Waals surface area contributed by atoms with Gasteiger partial charge in [0, 0.05) is 6.42 Å². The first-order chi connectivity index (χ1) is 7.72. The van der Waals surface area contributed by atoms with Crippen LogP contribution in [0.2, 0.25) is 0 Å². The van der Waals surface area contributed by atoms with Crippen molar-refractivity contribution in [3.05, 3.63) is 28.8 Å². The number of aliphatic hydroxyl groups is 1. The summed E-state index contributed by atoms with van der Waals surface area (Å²) < 4.78 is 5.53.